The quantitative estimate of drug-likeness (QED) is 0.623. The molecular formula is C25H32N4O4S. The van der Waals surface area contributed by atoms with Crippen molar-refractivity contribution in [1.82, 2.24) is 14.5 Å². The second kappa shape index (κ2) is 10.7. The van der Waals surface area contributed by atoms with Crippen LogP contribution in [0.2, 0.25) is 0 Å². The van der Waals surface area contributed by atoms with E-state index < -0.39 is 22.0 Å². The molecule has 0 radical (unpaired) electrons. The van der Waals surface area contributed by atoms with Crippen LogP contribution in [0, 0.1) is 5.92 Å². The van der Waals surface area contributed by atoms with Gasteiger partial charge < -0.3 is 11.1 Å². The van der Waals surface area contributed by atoms with Crippen molar-refractivity contribution in [2.75, 3.05) is 26.2 Å². The van der Waals surface area contributed by atoms with Crippen LogP contribution in [0.5, 0.6) is 0 Å². The van der Waals surface area contributed by atoms with E-state index in [-0.39, 0.29) is 17.9 Å². The summed E-state index contributed by atoms with van der Waals surface area (Å²) in [5.41, 5.74) is 6.26. The molecule has 1 saturated carbocycles. The van der Waals surface area contributed by atoms with Gasteiger partial charge in [-0.1, -0.05) is 61.4 Å². The summed E-state index contributed by atoms with van der Waals surface area (Å²) < 4.78 is 27.4. The third-order valence-corrected chi connectivity index (χ3v) is 8.81. The van der Waals surface area contributed by atoms with Gasteiger partial charge in [-0.25, -0.2) is 8.42 Å². The van der Waals surface area contributed by atoms with Gasteiger partial charge in [-0.3, -0.25) is 14.5 Å². The van der Waals surface area contributed by atoms with Gasteiger partial charge in [-0.05, 0) is 30.5 Å². The van der Waals surface area contributed by atoms with E-state index in [9.17, 15) is 18.0 Å². The first-order valence-corrected chi connectivity index (χ1v) is 13.3. The third kappa shape index (κ3) is 5.32. The Balaban J connectivity index is 1.42. The average Bonchev–Trinajstić information content (AvgIpc) is 2.88. The van der Waals surface area contributed by atoms with Crippen molar-refractivity contribution in [3.05, 3.63) is 66.2 Å². The Bertz CT molecular complexity index is 1090. The summed E-state index contributed by atoms with van der Waals surface area (Å²) in [6.45, 7) is 1.91. The number of benzene rings is 2. The maximum Gasteiger partial charge on any atom is 0.244 e. The third-order valence-electron chi connectivity index (χ3n) is 6.89. The fraction of sp³-hybridized carbons (Fsp3) is 0.440. The molecule has 0 spiro atoms. The Hall–Kier alpha value is -2.75. The molecule has 1 aliphatic carbocycles. The van der Waals surface area contributed by atoms with Gasteiger partial charge >= 0.3 is 0 Å². The summed E-state index contributed by atoms with van der Waals surface area (Å²) in [6, 6.07) is 16.6. The number of carbonyl (C=O) groups excluding carboxylic acids is 2. The Morgan fingerprint density at radius 3 is 2.09 bits per heavy atom. The average molecular weight is 485 g/mol. The van der Waals surface area contributed by atoms with E-state index in [0.29, 0.717) is 36.6 Å². The second-order valence-corrected chi connectivity index (χ2v) is 10.9. The van der Waals surface area contributed by atoms with Crippen LogP contribution in [0.15, 0.2) is 65.6 Å². The molecule has 2 fully saturated rings. The summed E-state index contributed by atoms with van der Waals surface area (Å²) in [5.74, 6) is -1.03. The molecule has 0 aromatic heterocycles. The summed E-state index contributed by atoms with van der Waals surface area (Å²) in [6.07, 6.45) is 3.58. The molecule has 1 aliphatic heterocycles. The van der Waals surface area contributed by atoms with Crippen LogP contribution in [-0.2, 0) is 19.6 Å². The summed E-state index contributed by atoms with van der Waals surface area (Å²) in [7, 11) is -3.53. The summed E-state index contributed by atoms with van der Waals surface area (Å²) in [5, 5.41) is 2.88. The maximum atomic E-state index is 13.3. The molecule has 2 amide bonds. The van der Waals surface area contributed by atoms with Crippen molar-refractivity contribution < 1.29 is 18.0 Å². The van der Waals surface area contributed by atoms with Crippen molar-refractivity contribution in [2.24, 2.45) is 11.7 Å². The zero-order valence-corrected chi connectivity index (χ0v) is 20.0. The molecule has 2 aliphatic rings. The van der Waals surface area contributed by atoms with Gasteiger partial charge in [0.25, 0.3) is 0 Å². The van der Waals surface area contributed by atoms with Gasteiger partial charge in [0.15, 0.2) is 0 Å². The zero-order valence-electron chi connectivity index (χ0n) is 19.2. The van der Waals surface area contributed by atoms with Crippen LogP contribution >= 0.6 is 0 Å². The minimum absolute atomic E-state index is 0.0135. The molecule has 34 heavy (non-hydrogen) atoms. The Kier molecular flexibility index (Phi) is 7.65. The van der Waals surface area contributed by atoms with Crippen molar-refractivity contribution in [3.8, 4) is 0 Å². The van der Waals surface area contributed by atoms with E-state index in [1.54, 1.807) is 42.5 Å². The molecule has 1 unspecified atom stereocenters. The molecule has 1 saturated heterocycles. The van der Waals surface area contributed by atoms with Crippen LogP contribution in [-0.4, -0.2) is 61.7 Å². The van der Waals surface area contributed by atoms with Gasteiger partial charge in [-0.2, -0.15) is 4.31 Å². The number of hydrogen-bond donors (Lipinski definition) is 2. The predicted octanol–water partition coefficient (Wildman–Crippen LogP) is 1.89. The summed E-state index contributed by atoms with van der Waals surface area (Å²) in [4.78, 5) is 27.9. The van der Waals surface area contributed by atoms with Crippen molar-refractivity contribution >= 4 is 21.8 Å². The van der Waals surface area contributed by atoms with Gasteiger partial charge in [0.2, 0.25) is 21.8 Å². The molecule has 9 heteroatoms. The van der Waals surface area contributed by atoms with E-state index in [0.717, 1.165) is 25.7 Å². The molecule has 182 valence electrons. The topological polar surface area (TPSA) is 113 Å². The van der Waals surface area contributed by atoms with Gasteiger partial charge in [0.1, 0.15) is 6.04 Å². The SMILES string of the molecule is NC(=O)[C@@H](NC(=O)[C@@H]1CCCCC1N1CCN(S(=O)(=O)c2ccccc2)CC1)c1ccccc1. The van der Waals surface area contributed by atoms with Gasteiger partial charge in [-0.15, -0.1) is 0 Å². The standard InChI is InChI=1S/C25H32N4O4S/c26-24(30)23(19-9-3-1-4-10-19)27-25(31)21-13-7-8-14-22(21)28-15-17-29(18-16-28)34(32,33)20-11-5-2-6-12-20/h1-6,9-12,21-23H,7-8,13-18H2,(H2,26,30)(H,27,31)/t21-,22?,23+/m1/s1. The molecule has 2 aromatic carbocycles. The molecule has 3 atom stereocenters. The van der Waals surface area contributed by atoms with Crippen LogP contribution in [0.3, 0.4) is 0 Å². The lowest BCUT2D eigenvalue weighted by molar-refractivity contribution is -0.133. The lowest BCUT2D eigenvalue weighted by Gasteiger charge is -2.43. The monoisotopic (exact) mass is 484 g/mol. The Morgan fingerprint density at radius 1 is 0.882 bits per heavy atom. The lowest BCUT2D eigenvalue weighted by atomic mass is 9.82. The second-order valence-electron chi connectivity index (χ2n) is 8.97. The molecule has 4 rings (SSSR count). The highest BCUT2D eigenvalue weighted by Crippen LogP contribution is 2.31. The van der Waals surface area contributed by atoms with Crippen molar-refractivity contribution in [1.29, 1.82) is 0 Å². The number of rotatable bonds is 7. The fourth-order valence-electron chi connectivity index (χ4n) is 5.08. The van der Waals surface area contributed by atoms with Crippen molar-refractivity contribution in [2.45, 2.75) is 42.7 Å². The Morgan fingerprint density at radius 2 is 1.47 bits per heavy atom. The normalized spacial score (nSPS) is 23.2. The predicted molar refractivity (Wildman–Crippen MR) is 129 cm³/mol. The highest BCUT2D eigenvalue weighted by Gasteiger charge is 2.39. The van der Waals surface area contributed by atoms with Crippen LogP contribution in [0.1, 0.15) is 37.3 Å². The number of nitrogens with zero attached hydrogens (tertiary/aromatic N) is 2. The van der Waals surface area contributed by atoms with Crippen LogP contribution in [0.25, 0.3) is 0 Å². The maximum absolute atomic E-state index is 13.3. The highest BCUT2D eigenvalue weighted by atomic mass is 32.2. The molecular weight excluding hydrogens is 452 g/mol. The van der Waals surface area contributed by atoms with Crippen LogP contribution < -0.4 is 11.1 Å². The van der Waals surface area contributed by atoms with E-state index in [4.69, 9.17) is 5.73 Å². The van der Waals surface area contributed by atoms with Crippen molar-refractivity contribution in [3.63, 3.8) is 0 Å². The van der Waals surface area contributed by atoms with E-state index in [1.165, 1.54) is 4.31 Å². The first-order chi connectivity index (χ1) is 16.4. The first kappa shape index (κ1) is 24.4. The number of carbonyl (C=O) groups is 2. The molecule has 3 N–H and O–H groups in total. The van der Waals surface area contributed by atoms with E-state index >= 15 is 0 Å². The van der Waals surface area contributed by atoms with E-state index in [1.807, 2.05) is 18.2 Å². The lowest BCUT2D eigenvalue weighted by Crippen LogP contribution is -2.56. The number of nitrogens with one attached hydrogen (secondary N) is 1. The number of sulfonamides is 1. The number of hydrogen-bond acceptors (Lipinski definition) is 5. The van der Waals surface area contributed by atoms with E-state index in [2.05, 4.69) is 10.2 Å². The number of piperazine rings is 1. The Labute approximate surface area is 201 Å². The number of nitrogens with two attached hydrogens (primary N) is 1. The van der Waals surface area contributed by atoms with Gasteiger partial charge in [0.05, 0.1) is 10.8 Å². The number of amides is 2. The molecule has 1 heterocycles. The molecule has 8 nitrogen and oxygen atoms in total. The van der Waals surface area contributed by atoms with Gasteiger partial charge in [0, 0.05) is 32.2 Å². The molecule has 0 bridgehead atoms. The summed E-state index contributed by atoms with van der Waals surface area (Å²) >= 11 is 0. The zero-order chi connectivity index (χ0) is 24.1. The number of primary amides is 1. The minimum Gasteiger partial charge on any atom is -0.368 e. The fourth-order valence-corrected chi connectivity index (χ4v) is 6.53. The first-order valence-electron chi connectivity index (χ1n) is 11.8. The molecule has 2 aromatic rings. The minimum atomic E-state index is -3.53. The van der Waals surface area contributed by atoms with Crippen LogP contribution in [0.4, 0.5) is 0 Å². The smallest absolute Gasteiger partial charge is 0.244 e. The largest absolute Gasteiger partial charge is 0.368 e. The highest BCUT2D eigenvalue weighted by molar-refractivity contribution is 7.89.